The Morgan fingerprint density at radius 3 is 1.36 bits per heavy atom. The number of hydrogen-bond donors (Lipinski definition) is 0. The SMILES string of the molecule is C1CSC2(SC1)C1CC3CC4C5C3C1C1C5C(CC12)C41SCCCS1. The first-order valence-corrected chi connectivity index (χ1v) is 14.9. The normalized spacial score (nSPS) is 63.4. The molecule has 0 aromatic heterocycles. The van der Waals surface area contributed by atoms with E-state index in [9.17, 15) is 0 Å². The Bertz CT molecular complexity index is 580. The van der Waals surface area contributed by atoms with Gasteiger partial charge in [-0.15, -0.1) is 47.0 Å². The summed E-state index contributed by atoms with van der Waals surface area (Å²) >= 11 is 9.92. The second-order valence-corrected chi connectivity index (χ2v) is 16.3. The molecule has 8 atom stereocenters. The smallest absolute Gasteiger partial charge is 0.0672 e. The van der Waals surface area contributed by atoms with Crippen LogP contribution >= 0.6 is 47.0 Å². The minimum atomic E-state index is 0.688. The van der Waals surface area contributed by atoms with E-state index in [0.29, 0.717) is 8.16 Å². The van der Waals surface area contributed by atoms with E-state index in [-0.39, 0.29) is 0 Å². The zero-order valence-electron chi connectivity index (χ0n) is 14.8. The van der Waals surface area contributed by atoms with E-state index in [4.69, 9.17) is 0 Å². The van der Waals surface area contributed by atoms with E-state index in [1.807, 2.05) is 0 Å². The van der Waals surface area contributed by atoms with Crippen LogP contribution in [0, 0.1) is 59.2 Å². The summed E-state index contributed by atoms with van der Waals surface area (Å²) in [5.74, 6) is 17.5. The molecule has 6 saturated carbocycles. The molecule has 0 bridgehead atoms. The van der Waals surface area contributed by atoms with E-state index in [2.05, 4.69) is 47.0 Å². The summed E-state index contributed by atoms with van der Waals surface area (Å²) in [5, 5.41) is 0. The molecule has 0 nitrogen and oxygen atoms in total. The van der Waals surface area contributed by atoms with E-state index in [1.165, 1.54) is 65.4 Å². The minimum absolute atomic E-state index is 0.688. The van der Waals surface area contributed by atoms with Gasteiger partial charge >= 0.3 is 0 Å². The zero-order valence-corrected chi connectivity index (χ0v) is 18.0. The van der Waals surface area contributed by atoms with Crippen LogP contribution in [0.2, 0.25) is 0 Å². The van der Waals surface area contributed by atoms with Gasteiger partial charge in [-0.05, 0) is 114 Å². The molecule has 2 spiro atoms. The molecule has 0 radical (unpaired) electrons. The second kappa shape index (κ2) is 4.75. The fraction of sp³-hybridized carbons (Fsp3) is 1.00. The van der Waals surface area contributed by atoms with E-state index in [0.717, 1.165) is 29.6 Å². The molecule has 6 aliphatic carbocycles. The molecule has 136 valence electrons. The lowest BCUT2D eigenvalue weighted by Gasteiger charge is -2.47. The van der Waals surface area contributed by atoms with Gasteiger partial charge in [-0.2, -0.15) is 0 Å². The van der Waals surface area contributed by atoms with Crippen molar-refractivity contribution in [1.82, 2.24) is 0 Å². The largest absolute Gasteiger partial charge is 0.144 e. The fourth-order valence-corrected chi connectivity index (χ4v) is 18.5. The molecule has 2 saturated heterocycles. The predicted molar refractivity (Wildman–Crippen MR) is 113 cm³/mol. The maximum Gasteiger partial charge on any atom is 0.0672 e. The number of thioether (sulfide) groups is 4. The minimum Gasteiger partial charge on any atom is -0.144 e. The van der Waals surface area contributed by atoms with Crippen molar-refractivity contribution < 1.29 is 0 Å². The monoisotopic (exact) mass is 408 g/mol. The molecule has 8 rings (SSSR count). The van der Waals surface area contributed by atoms with Gasteiger partial charge in [-0.3, -0.25) is 0 Å². The van der Waals surface area contributed by atoms with Crippen LogP contribution in [-0.4, -0.2) is 31.2 Å². The van der Waals surface area contributed by atoms with E-state index >= 15 is 0 Å². The van der Waals surface area contributed by atoms with E-state index < -0.39 is 0 Å². The van der Waals surface area contributed by atoms with E-state index in [1.54, 1.807) is 19.3 Å². The highest BCUT2D eigenvalue weighted by molar-refractivity contribution is 8.19. The molecule has 0 aromatic carbocycles. The van der Waals surface area contributed by atoms with Gasteiger partial charge in [0.25, 0.3) is 0 Å². The third-order valence-corrected chi connectivity index (χ3v) is 17.8. The highest BCUT2D eigenvalue weighted by Crippen LogP contribution is 2.88. The van der Waals surface area contributed by atoms with Crippen molar-refractivity contribution in [3.05, 3.63) is 0 Å². The quantitative estimate of drug-likeness (QED) is 0.516. The summed E-state index contributed by atoms with van der Waals surface area (Å²) in [4.78, 5) is 0. The first-order valence-electron chi connectivity index (χ1n) is 10.9. The molecule has 8 unspecified atom stereocenters. The lowest BCUT2D eigenvalue weighted by molar-refractivity contribution is 0.304. The summed E-state index contributed by atoms with van der Waals surface area (Å²) in [6.45, 7) is 0. The van der Waals surface area contributed by atoms with Gasteiger partial charge in [0, 0.05) is 0 Å². The van der Waals surface area contributed by atoms with Crippen molar-refractivity contribution >= 4 is 47.0 Å². The van der Waals surface area contributed by atoms with Gasteiger partial charge < -0.3 is 0 Å². The summed E-state index contributed by atoms with van der Waals surface area (Å²) in [6, 6.07) is 0. The molecular formula is C21H28S4. The first-order chi connectivity index (χ1) is 12.4. The highest BCUT2D eigenvalue weighted by Gasteiger charge is 2.84. The molecule has 25 heavy (non-hydrogen) atoms. The standard InChI is InChI=1S/C21H28S4/c1-3-22-20(23-4-1)11-7-10-8-12-17-15(10)16(11)18-13(20)9-14(19(17)18)21(12)24-5-2-6-25-21/h10-19H,1-9H2. The summed E-state index contributed by atoms with van der Waals surface area (Å²) < 4.78 is 1.38. The Labute approximate surface area is 168 Å². The average molecular weight is 409 g/mol. The summed E-state index contributed by atoms with van der Waals surface area (Å²) in [7, 11) is 0. The van der Waals surface area contributed by atoms with Crippen LogP contribution in [0.15, 0.2) is 0 Å². The topological polar surface area (TPSA) is 0 Å². The van der Waals surface area contributed by atoms with Crippen LogP contribution in [0.3, 0.4) is 0 Å². The van der Waals surface area contributed by atoms with Crippen LogP contribution in [0.1, 0.15) is 32.1 Å². The molecule has 8 aliphatic rings. The molecular weight excluding hydrogens is 380 g/mol. The molecule has 0 N–H and O–H groups in total. The summed E-state index contributed by atoms with van der Waals surface area (Å²) in [5.41, 5.74) is 0. The molecule has 2 aliphatic heterocycles. The van der Waals surface area contributed by atoms with Gasteiger partial charge in [0.1, 0.15) is 0 Å². The van der Waals surface area contributed by atoms with Crippen molar-refractivity contribution in [2.75, 3.05) is 23.0 Å². The Kier molecular flexibility index (Phi) is 2.90. The molecule has 0 aromatic rings. The van der Waals surface area contributed by atoms with Crippen LogP contribution in [0.5, 0.6) is 0 Å². The molecule has 2 heterocycles. The van der Waals surface area contributed by atoms with Crippen molar-refractivity contribution in [2.24, 2.45) is 59.2 Å². The van der Waals surface area contributed by atoms with Crippen molar-refractivity contribution in [3.8, 4) is 0 Å². The number of fused-ring (bicyclic) bond motifs is 4. The van der Waals surface area contributed by atoms with Crippen molar-refractivity contribution in [1.29, 1.82) is 0 Å². The number of hydrogen-bond acceptors (Lipinski definition) is 4. The maximum atomic E-state index is 2.48. The zero-order chi connectivity index (χ0) is 16.0. The van der Waals surface area contributed by atoms with Crippen molar-refractivity contribution in [2.45, 2.75) is 40.3 Å². The lowest BCUT2D eigenvalue weighted by atomic mass is 9.87. The van der Waals surface area contributed by atoms with Crippen molar-refractivity contribution in [3.63, 3.8) is 0 Å². The Morgan fingerprint density at radius 2 is 0.880 bits per heavy atom. The maximum absolute atomic E-state index is 2.48. The fourth-order valence-electron chi connectivity index (χ4n) is 10.3. The van der Waals surface area contributed by atoms with Gasteiger partial charge in [-0.1, -0.05) is 0 Å². The van der Waals surface area contributed by atoms with Crippen LogP contribution < -0.4 is 0 Å². The third-order valence-electron chi connectivity index (χ3n) is 10.2. The second-order valence-electron chi connectivity index (χ2n) is 10.3. The number of rotatable bonds is 0. The first kappa shape index (κ1) is 15.3. The van der Waals surface area contributed by atoms with Crippen LogP contribution in [0.4, 0.5) is 0 Å². The highest BCUT2D eigenvalue weighted by atomic mass is 32.2. The predicted octanol–water partition coefficient (Wildman–Crippen LogP) is 5.53. The van der Waals surface area contributed by atoms with Gasteiger partial charge in [0.2, 0.25) is 0 Å². The average Bonchev–Trinajstić information content (AvgIpc) is 3.41. The molecule has 8 fully saturated rings. The lowest BCUT2D eigenvalue weighted by Crippen LogP contribution is -2.42. The Morgan fingerprint density at radius 1 is 0.480 bits per heavy atom. The van der Waals surface area contributed by atoms with Gasteiger partial charge in [0.05, 0.1) is 8.16 Å². The van der Waals surface area contributed by atoms with Crippen LogP contribution in [-0.2, 0) is 0 Å². The summed E-state index contributed by atoms with van der Waals surface area (Å²) in [6.07, 6.45) is 7.90. The van der Waals surface area contributed by atoms with Gasteiger partial charge in [-0.25, -0.2) is 0 Å². The Balaban J connectivity index is 1.32. The van der Waals surface area contributed by atoms with Gasteiger partial charge in [0.15, 0.2) is 0 Å². The molecule has 4 heteroatoms. The third kappa shape index (κ3) is 1.47. The van der Waals surface area contributed by atoms with Crippen LogP contribution in [0.25, 0.3) is 0 Å². The molecule has 0 amide bonds. The Hall–Kier alpha value is 1.40.